The van der Waals surface area contributed by atoms with Crippen molar-refractivity contribution in [2.75, 3.05) is 6.61 Å². The highest BCUT2D eigenvalue weighted by Crippen LogP contribution is 2.39. The van der Waals surface area contributed by atoms with Crippen LogP contribution in [0, 0.1) is 11.2 Å². The van der Waals surface area contributed by atoms with Crippen LogP contribution in [0.5, 0.6) is 0 Å². The van der Waals surface area contributed by atoms with E-state index in [0.29, 0.717) is 23.6 Å². The largest absolute Gasteiger partial charge is 0.481 e. The fourth-order valence-electron chi connectivity index (χ4n) is 2.39. The van der Waals surface area contributed by atoms with Gasteiger partial charge in [0.2, 0.25) is 0 Å². The number of halogens is 2. The standard InChI is InChI=1S/C13H14ClFO3/c1-8-13(12(16)17,4-5-18-8)7-9-6-10(14)2-3-11(9)15/h2-3,6,8H,4-5,7H2,1H3,(H,16,17). The summed E-state index contributed by atoms with van der Waals surface area (Å²) in [5, 5.41) is 9.82. The van der Waals surface area contributed by atoms with E-state index in [1.165, 1.54) is 18.2 Å². The van der Waals surface area contributed by atoms with Gasteiger partial charge in [-0.15, -0.1) is 0 Å². The molecule has 1 aromatic rings. The molecule has 1 saturated heterocycles. The smallest absolute Gasteiger partial charge is 0.312 e. The van der Waals surface area contributed by atoms with Crippen molar-refractivity contribution in [3.8, 4) is 0 Å². The van der Waals surface area contributed by atoms with Crippen molar-refractivity contribution in [3.05, 3.63) is 34.6 Å². The zero-order valence-electron chi connectivity index (χ0n) is 9.95. The van der Waals surface area contributed by atoms with Crippen LogP contribution in [0.4, 0.5) is 4.39 Å². The van der Waals surface area contributed by atoms with E-state index in [1.807, 2.05) is 0 Å². The minimum absolute atomic E-state index is 0.0931. The van der Waals surface area contributed by atoms with Crippen LogP contribution in [0.25, 0.3) is 0 Å². The maximum Gasteiger partial charge on any atom is 0.312 e. The van der Waals surface area contributed by atoms with Gasteiger partial charge in [-0.3, -0.25) is 4.79 Å². The van der Waals surface area contributed by atoms with Crippen LogP contribution >= 0.6 is 11.6 Å². The van der Waals surface area contributed by atoms with Crippen molar-refractivity contribution in [2.24, 2.45) is 5.41 Å². The normalized spacial score (nSPS) is 27.4. The molecular formula is C13H14ClFO3. The van der Waals surface area contributed by atoms with E-state index in [4.69, 9.17) is 16.3 Å². The number of carboxylic acids is 1. The zero-order valence-corrected chi connectivity index (χ0v) is 10.7. The lowest BCUT2D eigenvalue weighted by Gasteiger charge is -2.27. The average molecular weight is 273 g/mol. The van der Waals surface area contributed by atoms with Crippen LogP contribution in [0.15, 0.2) is 18.2 Å². The number of rotatable bonds is 3. The predicted molar refractivity (Wildman–Crippen MR) is 65.2 cm³/mol. The summed E-state index contributed by atoms with van der Waals surface area (Å²) in [4.78, 5) is 11.5. The van der Waals surface area contributed by atoms with Crippen molar-refractivity contribution in [3.63, 3.8) is 0 Å². The third kappa shape index (κ3) is 2.22. The molecule has 1 aromatic carbocycles. The highest BCUT2D eigenvalue weighted by molar-refractivity contribution is 6.30. The second kappa shape index (κ2) is 4.86. The molecule has 0 bridgehead atoms. The van der Waals surface area contributed by atoms with E-state index in [0.717, 1.165) is 0 Å². The SMILES string of the molecule is CC1OCCC1(Cc1cc(Cl)ccc1F)C(=O)O. The van der Waals surface area contributed by atoms with Crippen LogP contribution in [0.2, 0.25) is 5.02 Å². The van der Waals surface area contributed by atoms with E-state index >= 15 is 0 Å². The predicted octanol–water partition coefficient (Wildman–Crippen LogP) is 2.90. The molecule has 1 N–H and O–H groups in total. The molecule has 0 spiro atoms. The van der Waals surface area contributed by atoms with Gasteiger partial charge >= 0.3 is 5.97 Å². The maximum absolute atomic E-state index is 13.7. The number of ether oxygens (including phenoxy) is 1. The fraction of sp³-hybridized carbons (Fsp3) is 0.462. The summed E-state index contributed by atoms with van der Waals surface area (Å²) in [6, 6.07) is 4.18. The van der Waals surface area contributed by atoms with Crippen molar-refractivity contribution < 1.29 is 19.0 Å². The van der Waals surface area contributed by atoms with Crippen molar-refractivity contribution in [2.45, 2.75) is 25.9 Å². The molecule has 2 rings (SSSR count). The molecule has 98 valence electrons. The van der Waals surface area contributed by atoms with Gasteiger partial charge < -0.3 is 9.84 Å². The quantitative estimate of drug-likeness (QED) is 0.920. The van der Waals surface area contributed by atoms with Gasteiger partial charge in [0.05, 0.1) is 11.5 Å². The van der Waals surface area contributed by atoms with Gasteiger partial charge in [-0.05, 0) is 43.5 Å². The Morgan fingerprint density at radius 1 is 1.67 bits per heavy atom. The summed E-state index contributed by atoms with van der Waals surface area (Å²) >= 11 is 5.82. The molecule has 18 heavy (non-hydrogen) atoms. The topological polar surface area (TPSA) is 46.5 Å². The number of benzene rings is 1. The third-order valence-corrected chi connectivity index (χ3v) is 3.87. The summed E-state index contributed by atoms with van der Waals surface area (Å²) in [5.41, 5.74) is -0.742. The van der Waals surface area contributed by atoms with Crippen molar-refractivity contribution in [1.82, 2.24) is 0 Å². The van der Waals surface area contributed by atoms with Gasteiger partial charge in [0, 0.05) is 11.6 Å². The summed E-state index contributed by atoms with van der Waals surface area (Å²) in [7, 11) is 0. The van der Waals surface area contributed by atoms with Gasteiger partial charge in [-0.25, -0.2) is 4.39 Å². The highest BCUT2D eigenvalue weighted by atomic mass is 35.5. The van der Waals surface area contributed by atoms with Crippen LogP contribution in [-0.4, -0.2) is 23.8 Å². The Balaban J connectivity index is 2.35. The van der Waals surface area contributed by atoms with Gasteiger partial charge in [0.1, 0.15) is 5.82 Å². The number of aliphatic carboxylic acids is 1. The van der Waals surface area contributed by atoms with E-state index in [2.05, 4.69) is 0 Å². The molecule has 0 aliphatic carbocycles. The summed E-state index contributed by atoms with van der Waals surface area (Å²) in [6.45, 7) is 2.10. The van der Waals surface area contributed by atoms with Crippen LogP contribution in [0.1, 0.15) is 18.9 Å². The third-order valence-electron chi connectivity index (χ3n) is 3.63. The molecule has 0 radical (unpaired) electrons. The van der Waals surface area contributed by atoms with Crippen LogP contribution in [-0.2, 0) is 16.0 Å². The lowest BCUT2D eigenvalue weighted by atomic mass is 9.76. The molecule has 1 aliphatic rings. The fourth-order valence-corrected chi connectivity index (χ4v) is 2.58. The number of hydrogen-bond donors (Lipinski definition) is 1. The van der Waals surface area contributed by atoms with Crippen molar-refractivity contribution >= 4 is 17.6 Å². The Labute approximate surface area is 110 Å². The van der Waals surface area contributed by atoms with Crippen molar-refractivity contribution in [1.29, 1.82) is 0 Å². The molecule has 1 aliphatic heterocycles. The Morgan fingerprint density at radius 2 is 2.39 bits per heavy atom. The summed E-state index contributed by atoms with van der Waals surface area (Å²) < 4.78 is 19.0. The summed E-state index contributed by atoms with van der Waals surface area (Å²) in [5.74, 6) is -1.38. The molecule has 1 heterocycles. The molecule has 1 fully saturated rings. The molecule has 5 heteroatoms. The minimum Gasteiger partial charge on any atom is -0.481 e. The molecule has 3 nitrogen and oxygen atoms in total. The first-order valence-corrected chi connectivity index (χ1v) is 6.12. The maximum atomic E-state index is 13.7. The highest BCUT2D eigenvalue weighted by Gasteiger charge is 2.48. The van der Waals surface area contributed by atoms with E-state index in [-0.39, 0.29) is 6.42 Å². The first-order chi connectivity index (χ1) is 8.45. The lowest BCUT2D eigenvalue weighted by Crippen LogP contribution is -2.39. The minimum atomic E-state index is -1.06. The molecule has 0 amide bonds. The van der Waals surface area contributed by atoms with Crippen LogP contribution in [0.3, 0.4) is 0 Å². The Morgan fingerprint density at radius 3 is 2.94 bits per heavy atom. The van der Waals surface area contributed by atoms with Gasteiger partial charge in [0.15, 0.2) is 0 Å². The molecule has 0 saturated carbocycles. The second-order valence-electron chi connectivity index (χ2n) is 4.64. The Bertz CT molecular complexity index is 477. The second-order valence-corrected chi connectivity index (χ2v) is 5.07. The monoisotopic (exact) mass is 272 g/mol. The van der Waals surface area contributed by atoms with E-state index in [9.17, 15) is 14.3 Å². The Hall–Kier alpha value is -1.13. The molecule has 0 aromatic heterocycles. The first kappa shape index (κ1) is 13.3. The zero-order chi connectivity index (χ0) is 13.3. The van der Waals surface area contributed by atoms with E-state index < -0.39 is 23.3 Å². The molecular weight excluding hydrogens is 259 g/mol. The molecule has 2 unspecified atom stereocenters. The van der Waals surface area contributed by atoms with Crippen LogP contribution < -0.4 is 0 Å². The van der Waals surface area contributed by atoms with Gasteiger partial charge in [-0.1, -0.05) is 11.6 Å². The molecule has 2 atom stereocenters. The average Bonchev–Trinajstić information content (AvgIpc) is 2.67. The van der Waals surface area contributed by atoms with E-state index in [1.54, 1.807) is 6.92 Å². The van der Waals surface area contributed by atoms with Gasteiger partial charge in [-0.2, -0.15) is 0 Å². The number of carboxylic acid groups (broad SMARTS) is 1. The number of carbonyl (C=O) groups is 1. The summed E-state index contributed by atoms with van der Waals surface area (Å²) in [6.07, 6.45) is 0.0408. The lowest BCUT2D eigenvalue weighted by molar-refractivity contribution is -0.151. The number of hydrogen-bond acceptors (Lipinski definition) is 2. The first-order valence-electron chi connectivity index (χ1n) is 5.74. The van der Waals surface area contributed by atoms with Gasteiger partial charge in [0.25, 0.3) is 0 Å². The Kier molecular flexibility index (Phi) is 3.59.